The van der Waals surface area contributed by atoms with E-state index in [1.807, 2.05) is 0 Å². The van der Waals surface area contributed by atoms with Crippen molar-refractivity contribution in [3.63, 3.8) is 0 Å². The number of carbonyl (C=O) groups is 1. The van der Waals surface area contributed by atoms with Crippen LogP contribution in [0, 0.1) is 11.3 Å². The number of rotatable bonds is 2. The Morgan fingerprint density at radius 1 is 1.44 bits per heavy atom. The predicted octanol–water partition coefficient (Wildman–Crippen LogP) is 2.84. The van der Waals surface area contributed by atoms with Gasteiger partial charge in [0.2, 0.25) is 0 Å². The smallest absolute Gasteiger partial charge is 0.406 e. The maximum absolute atomic E-state index is 11.8. The first-order valence-corrected chi connectivity index (χ1v) is 4.21. The minimum Gasteiger partial charge on any atom is -0.406 e. The largest absolute Gasteiger partial charge is 0.573 e. The highest BCUT2D eigenvalue weighted by Crippen LogP contribution is 2.25. The first kappa shape index (κ1) is 12.3. The van der Waals surface area contributed by atoms with Gasteiger partial charge in [0.15, 0.2) is 0 Å². The first-order chi connectivity index (χ1) is 7.33. The quantitative estimate of drug-likeness (QED) is 0.757. The number of hydrogen-bond donors (Lipinski definition) is 0. The van der Waals surface area contributed by atoms with Crippen molar-refractivity contribution < 1.29 is 22.7 Å². The second-order valence-electron chi connectivity index (χ2n) is 2.64. The van der Waals surface area contributed by atoms with E-state index in [0.29, 0.717) is 0 Å². The van der Waals surface area contributed by atoms with Crippen LogP contribution in [0.25, 0.3) is 0 Å². The number of ether oxygens (including phenoxy) is 1. The summed E-state index contributed by atoms with van der Waals surface area (Å²) < 4.78 is 39.1. The van der Waals surface area contributed by atoms with E-state index in [4.69, 9.17) is 16.9 Å². The van der Waals surface area contributed by atoms with E-state index >= 15 is 0 Å². The van der Waals surface area contributed by atoms with Gasteiger partial charge in [-0.05, 0) is 29.8 Å². The van der Waals surface area contributed by atoms with Gasteiger partial charge >= 0.3 is 6.36 Å². The molecule has 0 fully saturated rings. The third-order valence-electron chi connectivity index (χ3n) is 1.56. The van der Waals surface area contributed by atoms with Crippen LogP contribution in [0.2, 0.25) is 0 Å². The zero-order valence-electron chi connectivity index (χ0n) is 7.51. The number of carbonyl (C=O) groups excluding carboxylic acids is 1. The van der Waals surface area contributed by atoms with Gasteiger partial charge in [0.25, 0.3) is 5.24 Å². The van der Waals surface area contributed by atoms with Crippen molar-refractivity contribution in [3.05, 3.63) is 29.3 Å². The van der Waals surface area contributed by atoms with Crippen molar-refractivity contribution in [1.82, 2.24) is 0 Å². The molecule has 7 heteroatoms. The molecular formula is C9H3ClF3NO2. The van der Waals surface area contributed by atoms with Crippen molar-refractivity contribution in [3.8, 4) is 11.8 Å². The van der Waals surface area contributed by atoms with E-state index in [1.165, 1.54) is 0 Å². The van der Waals surface area contributed by atoms with Crippen LogP contribution >= 0.6 is 11.6 Å². The zero-order valence-corrected chi connectivity index (χ0v) is 8.26. The fourth-order valence-electron chi connectivity index (χ4n) is 0.984. The van der Waals surface area contributed by atoms with Gasteiger partial charge in [0, 0.05) is 0 Å². The number of nitrogens with zero attached hydrogens (tertiary/aromatic N) is 1. The van der Waals surface area contributed by atoms with Gasteiger partial charge in [-0.15, -0.1) is 13.2 Å². The van der Waals surface area contributed by atoms with E-state index in [9.17, 15) is 18.0 Å². The maximum atomic E-state index is 11.8. The highest BCUT2D eigenvalue weighted by molar-refractivity contribution is 6.68. The monoisotopic (exact) mass is 249 g/mol. The molecule has 0 aliphatic heterocycles. The molecule has 84 valence electrons. The fourth-order valence-corrected chi connectivity index (χ4v) is 1.15. The topological polar surface area (TPSA) is 50.1 Å². The SMILES string of the molecule is N#Cc1cc(OC(F)(F)F)ccc1C(=O)Cl. The number of hydrogen-bond acceptors (Lipinski definition) is 3. The molecule has 0 bridgehead atoms. The average molecular weight is 250 g/mol. The molecule has 0 amide bonds. The molecule has 0 N–H and O–H groups in total. The van der Waals surface area contributed by atoms with Crippen molar-refractivity contribution in [1.29, 1.82) is 5.26 Å². The molecule has 0 atom stereocenters. The minimum absolute atomic E-state index is 0.168. The molecule has 0 aliphatic carbocycles. The predicted molar refractivity (Wildman–Crippen MR) is 48.0 cm³/mol. The van der Waals surface area contributed by atoms with Gasteiger partial charge in [-0.1, -0.05) is 0 Å². The van der Waals surface area contributed by atoms with Gasteiger partial charge in [0.05, 0.1) is 11.1 Å². The molecule has 0 aliphatic rings. The maximum Gasteiger partial charge on any atom is 0.573 e. The molecule has 0 unspecified atom stereocenters. The molecule has 0 saturated carbocycles. The third kappa shape index (κ3) is 3.14. The summed E-state index contributed by atoms with van der Waals surface area (Å²) in [7, 11) is 0. The van der Waals surface area contributed by atoms with Crippen LogP contribution in [0.1, 0.15) is 15.9 Å². The van der Waals surface area contributed by atoms with Crippen molar-refractivity contribution in [2.75, 3.05) is 0 Å². The third-order valence-corrected chi connectivity index (χ3v) is 1.76. The van der Waals surface area contributed by atoms with Crippen LogP contribution in [0.3, 0.4) is 0 Å². The van der Waals surface area contributed by atoms with E-state index in [2.05, 4.69) is 4.74 Å². The van der Waals surface area contributed by atoms with E-state index < -0.39 is 17.4 Å². The van der Waals surface area contributed by atoms with Gasteiger partial charge in [-0.2, -0.15) is 5.26 Å². The summed E-state index contributed by atoms with van der Waals surface area (Å²) in [5.41, 5.74) is -0.444. The van der Waals surface area contributed by atoms with Crippen LogP contribution in [0.5, 0.6) is 5.75 Å². The molecule has 0 saturated heterocycles. The van der Waals surface area contributed by atoms with Crippen molar-refractivity contribution in [2.45, 2.75) is 6.36 Å². The first-order valence-electron chi connectivity index (χ1n) is 3.83. The Bertz CT molecular complexity index is 465. The Morgan fingerprint density at radius 3 is 2.50 bits per heavy atom. The summed E-state index contributed by atoms with van der Waals surface area (Å²) in [6, 6.07) is 4.25. The lowest BCUT2D eigenvalue weighted by Crippen LogP contribution is -2.17. The van der Waals surface area contributed by atoms with Crippen LogP contribution in [0.15, 0.2) is 18.2 Å². The molecular weight excluding hydrogens is 247 g/mol. The van der Waals surface area contributed by atoms with Crippen molar-refractivity contribution >= 4 is 16.8 Å². The van der Waals surface area contributed by atoms with Gasteiger partial charge < -0.3 is 4.74 Å². The normalized spacial score (nSPS) is 10.7. The van der Waals surface area contributed by atoms with E-state index in [1.54, 1.807) is 6.07 Å². The van der Waals surface area contributed by atoms with Crippen molar-refractivity contribution in [2.24, 2.45) is 0 Å². The van der Waals surface area contributed by atoms with Crippen LogP contribution in [0.4, 0.5) is 13.2 Å². The molecule has 0 heterocycles. The zero-order chi connectivity index (χ0) is 12.3. The number of benzene rings is 1. The lowest BCUT2D eigenvalue weighted by Gasteiger charge is -2.09. The molecule has 0 aromatic heterocycles. The minimum atomic E-state index is -4.85. The molecule has 1 aromatic rings. The molecule has 16 heavy (non-hydrogen) atoms. The molecule has 1 rings (SSSR count). The summed E-state index contributed by atoms with van der Waals surface area (Å²) in [5.74, 6) is -0.578. The fraction of sp³-hybridized carbons (Fsp3) is 0.111. The lowest BCUT2D eigenvalue weighted by molar-refractivity contribution is -0.274. The van der Waals surface area contributed by atoms with Gasteiger partial charge in [-0.3, -0.25) is 4.79 Å². The Balaban J connectivity index is 3.11. The van der Waals surface area contributed by atoms with Crippen LogP contribution in [-0.4, -0.2) is 11.6 Å². The van der Waals surface area contributed by atoms with Crippen LogP contribution < -0.4 is 4.74 Å². The average Bonchev–Trinajstić information content (AvgIpc) is 2.14. The second-order valence-corrected chi connectivity index (χ2v) is 2.98. The van der Waals surface area contributed by atoms with E-state index in [-0.39, 0.29) is 11.1 Å². The summed E-state index contributed by atoms with van der Waals surface area (Å²) in [5, 5.41) is 7.67. The molecule has 0 spiro atoms. The van der Waals surface area contributed by atoms with Gasteiger partial charge in [-0.25, -0.2) is 0 Å². The molecule has 3 nitrogen and oxygen atoms in total. The Morgan fingerprint density at radius 2 is 2.06 bits per heavy atom. The standard InChI is InChI=1S/C9H3ClF3NO2/c10-8(15)7-2-1-6(3-5(7)4-14)16-9(11,12)13/h1-3H. The Kier molecular flexibility index (Phi) is 3.40. The summed E-state index contributed by atoms with van der Waals surface area (Å²) in [6.45, 7) is 0. The number of alkyl halides is 3. The second kappa shape index (κ2) is 4.41. The molecule has 1 aromatic carbocycles. The van der Waals surface area contributed by atoms with Crippen LogP contribution in [-0.2, 0) is 0 Å². The summed E-state index contributed by atoms with van der Waals surface area (Å²) in [4.78, 5) is 10.8. The molecule has 0 radical (unpaired) electrons. The number of halogens is 4. The summed E-state index contributed by atoms with van der Waals surface area (Å²) >= 11 is 5.12. The highest BCUT2D eigenvalue weighted by Gasteiger charge is 2.31. The van der Waals surface area contributed by atoms with Gasteiger partial charge in [0.1, 0.15) is 11.8 Å². The Hall–Kier alpha value is -1.74. The Labute approximate surface area is 93.0 Å². The number of nitriles is 1. The van der Waals surface area contributed by atoms with E-state index in [0.717, 1.165) is 18.2 Å². The lowest BCUT2D eigenvalue weighted by atomic mass is 10.1. The summed E-state index contributed by atoms with van der Waals surface area (Å²) in [6.07, 6.45) is -4.85. The highest BCUT2D eigenvalue weighted by atomic mass is 35.5.